The Balaban J connectivity index is 1.38. The normalized spacial score (nSPS) is 16.9. The molecule has 2 aromatic carbocycles. The van der Waals surface area contributed by atoms with Crippen molar-refractivity contribution >= 4 is 23.2 Å². The number of benzene rings is 2. The second kappa shape index (κ2) is 10.0. The van der Waals surface area contributed by atoms with Crippen LogP contribution in [0.5, 0.6) is 5.75 Å². The number of nitrogens with one attached hydrogen (secondary N) is 1. The van der Waals surface area contributed by atoms with Gasteiger partial charge < -0.3 is 15.0 Å². The molecule has 0 spiro atoms. The van der Waals surface area contributed by atoms with Gasteiger partial charge in [0.1, 0.15) is 23.1 Å². The second-order valence-corrected chi connectivity index (χ2v) is 10.1. The fourth-order valence-corrected chi connectivity index (χ4v) is 5.25. The molecule has 1 N–H and O–H groups in total. The van der Waals surface area contributed by atoms with Crippen molar-refractivity contribution < 1.29 is 14.3 Å². The Kier molecular flexibility index (Phi) is 6.68. The molecule has 2 heterocycles. The van der Waals surface area contributed by atoms with Gasteiger partial charge in [-0.1, -0.05) is 42.0 Å². The summed E-state index contributed by atoms with van der Waals surface area (Å²) in [5.41, 5.74) is 5.07. The maximum absolute atomic E-state index is 13.2. The summed E-state index contributed by atoms with van der Waals surface area (Å²) in [7, 11) is 0. The quantitative estimate of drug-likeness (QED) is 0.462. The van der Waals surface area contributed by atoms with Crippen molar-refractivity contribution in [3.8, 4) is 5.75 Å². The first-order valence-electron chi connectivity index (χ1n) is 12.0. The van der Waals surface area contributed by atoms with E-state index in [1.807, 2.05) is 6.07 Å². The van der Waals surface area contributed by atoms with E-state index in [-0.39, 0.29) is 30.4 Å². The molecule has 35 heavy (non-hydrogen) atoms. The van der Waals surface area contributed by atoms with Crippen molar-refractivity contribution in [3.63, 3.8) is 0 Å². The number of hydrogen-bond acceptors (Lipinski definition) is 5. The monoisotopic (exact) mass is 487 g/mol. The van der Waals surface area contributed by atoms with Gasteiger partial charge in [0, 0.05) is 24.4 Å². The van der Waals surface area contributed by atoms with Gasteiger partial charge in [-0.2, -0.15) is 0 Å². The minimum absolute atomic E-state index is 0.115. The smallest absolute Gasteiger partial charge is 0.271 e. The SMILES string of the molecule is C=CCNC(=O)c1csc(COc2ccc3c(c2)[C@H](c2cccc(C)c2)N(C(=O)C2CC2)CC3)n1. The summed E-state index contributed by atoms with van der Waals surface area (Å²) in [4.78, 5) is 31.8. The van der Waals surface area contributed by atoms with E-state index in [2.05, 4.69) is 65.1 Å². The van der Waals surface area contributed by atoms with Crippen LogP contribution in [0.3, 0.4) is 0 Å². The molecule has 1 aliphatic heterocycles. The van der Waals surface area contributed by atoms with E-state index in [9.17, 15) is 9.59 Å². The van der Waals surface area contributed by atoms with E-state index in [0.29, 0.717) is 12.2 Å². The highest BCUT2D eigenvalue weighted by Crippen LogP contribution is 2.41. The van der Waals surface area contributed by atoms with Gasteiger partial charge in [-0.15, -0.1) is 17.9 Å². The van der Waals surface area contributed by atoms with E-state index >= 15 is 0 Å². The summed E-state index contributed by atoms with van der Waals surface area (Å²) < 4.78 is 6.09. The fourth-order valence-electron chi connectivity index (χ4n) is 4.57. The molecule has 2 amide bonds. The molecular formula is C28H29N3O3S. The van der Waals surface area contributed by atoms with Gasteiger partial charge in [0.05, 0.1) is 6.04 Å². The third-order valence-electron chi connectivity index (χ3n) is 6.47. The molecule has 0 unspecified atom stereocenters. The number of nitrogens with zero attached hydrogens (tertiary/aromatic N) is 2. The van der Waals surface area contributed by atoms with E-state index < -0.39 is 0 Å². The predicted molar refractivity (Wildman–Crippen MR) is 137 cm³/mol. The number of ether oxygens (including phenoxy) is 1. The first-order chi connectivity index (χ1) is 17.0. The van der Waals surface area contributed by atoms with Crippen LogP contribution in [-0.4, -0.2) is 34.8 Å². The van der Waals surface area contributed by atoms with Crippen molar-refractivity contribution in [3.05, 3.63) is 93.5 Å². The number of carbonyl (C=O) groups is 2. The highest BCUT2D eigenvalue weighted by molar-refractivity contribution is 7.09. The van der Waals surface area contributed by atoms with Crippen LogP contribution in [0.4, 0.5) is 0 Å². The standard InChI is InChI=1S/C28H29N3O3S/c1-3-12-29-27(32)24-17-35-25(30-24)16-34-22-10-9-19-11-13-31(28(33)20-7-8-20)26(23(19)15-22)21-6-4-5-18(2)14-21/h3-6,9-10,14-15,17,20,26H,1,7-8,11-13,16H2,2H3,(H,29,32)/t26-/m0/s1. The fraction of sp³-hybridized carbons (Fsp3) is 0.321. The van der Waals surface area contributed by atoms with E-state index in [1.165, 1.54) is 22.5 Å². The first kappa shape index (κ1) is 23.3. The molecule has 0 radical (unpaired) electrons. The lowest BCUT2D eigenvalue weighted by Gasteiger charge is -2.38. The average Bonchev–Trinajstić information content (AvgIpc) is 3.62. The summed E-state index contributed by atoms with van der Waals surface area (Å²) in [5, 5.41) is 5.20. The van der Waals surface area contributed by atoms with Crippen molar-refractivity contribution in [1.82, 2.24) is 15.2 Å². The lowest BCUT2D eigenvalue weighted by atomic mass is 9.87. The summed E-state index contributed by atoms with van der Waals surface area (Å²) >= 11 is 1.40. The minimum Gasteiger partial charge on any atom is -0.486 e. The molecule has 2 aliphatic rings. The van der Waals surface area contributed by atoms with Crippen LogP contribution >= 0.6 is 11.3 Å². The lowest BCUT2D eigenvalue weighted by molar-refractivity contribution is -0.134. The number of thiazole rings is 1. The number of aromatic nitrogens is 1. The van der Waals surface area contributed by atoms with E-state index in [1.54, 1.807) is 11.5 Å². The minimum atomic E-state index is -0.220. The zero-order valence-electron chi connectivity index (χ0n) is 19.8. The third-order valence-corrected chi connectivity index (χ3v) is 7.29. The predicted octanol–water partition coefficient (Wildman–Crippen LogP) is 4.83. The van der Waals surface area contributed by atoms with Gasteiger partial charge in [0.2, 0.25) is 5.91 Å². The number of carbonyl (C=O) groups excluding carboxylic acids is 2. The Hall–Kier alpha value is -3.45. The van der Waals surface area contributed by atoms with E-state index in [0.717, 1.165) is 47.7 Å². The van der Waals surface area contributed by atoms with Crippen LogP contribution in [0.1, 0.15) is 56.6 Å². The number of fused-ring (bicyclic) bond motifs is 1. The number of rotatable bonds is 8. The van der Waals surface area contributed by atoms with Crippen molar-refractivity contribution in [2.75, 3.05) is 13.1 Å². The molecule has 5 rings (SSSR count). The van der Waals surface area contributed by atoms with Gasteiger partial charge in [-0.25, -0.2) is 4.98 Å². The molecule has 1 atom stereocenters. The number of amides is 2. The molecule has 180 valence electrons. The summed E-state index contributed by atoms with van der Waals surface area (Å²) in [6.07, 6.45) is 4.46. The van der Waals surface area contributed by atoms with E-state index in [4.69, 9.17) is 4.74 Å². The maximum Gasteiger partial charge on any atom is 0.271 e. The third kappa shape index (κ3) is 5.15. The van der Waals surface area contributed by atoms with Gasteiger partial charge in [-0.05, 0) is 55.0 Å². The van der Waals surface area contributed by atoms with Crippen molar-refractivity contribution in [1.29, 1.82) is 0 Å². The van der Waals surface area contributed by atoms with Crippen molar-refractivity contribution in [2.24, 2.45) is 5.92 Å². The topological polar surface area (TPSA) is 71.5 Å². The molecule has 1 aromatic heterocycles. The molecule has 1 aliphatic carbocycles. The Morgan fingerprint density at radius 2 is 2.11 bits per heavy atom. The Labute approximate surface area is 209 Å². The maximum atomic E-state index is 13.2. The zero-order chi connectivity index (χ0) is 24.4. The summed E-state index contributed by atoms with van der Waals surface area (Å²) in [6, 6.07) is 14.5. The molecule has 6 nitrogen and oxygen atoms in total. The number of hydrogen-bond donors (Lipinski definition) is 1. The van der Waals surface area contributed by atoms with Crippen molar-refractivity contribution in [2.45, 2.75) is 38.8 Å². The van der Waals surface area contributed by atoms with Crippen LogP contribution in [0.25, 0.3) is 0 Å². The first-order valence-corrected chi connectivity index (χ1v) is 12.9. The van der Waals surface area contributed by atoms with Crippen LogP contribution in [0.15, 0.2) is 60.5 Å². The Bertz CT molecular complexity index is 1260. The highest BCUT2D eigenvalue weighted by Gasteiger charge is 2.39. The summed E-state index contributed by atoms with van der Waals surface area (Å²) in [6.45, 7) is 7.10. The van der Waals surface area contributed by atoms with Crippen LogP contribution in [0, 0.1) is 12.8 Å². The molecule has 0 saturated heterocycles. The summed E-state index contributed by atoms with van der Waals surface area (Å²) in [5.74, 6) is 0.946. The van der Waals surface area contributed by atoms with Gasteiger partial charge in [-0.3, -0.25) is 9.59 Å². The van der Waals surface area contributed by atoms with Crippen LogP contribution < -0.4 is 10.1 Å². The molecule has 3 aromatic rings. The largest absolute Gasteiger partial charge is 0.486 e. The Morgan fingerprint density at radius 3 is 2.89 bits per heavy atom. The van der Waals surface area contributed by atoms with Gasteiger partial charge in [0.25, 0.3) is 5.91 Å². The molecule has 1 saturated carbocycles. The highest BCUT2D eigenvalue weighted by atomic mass is 32.1. The molecular weight excluding hydrogens is 458 g/mol. The van der Waals surface area contributed by atoms with Crippen LogP contribution in [0.2, 0.25) is 0 Å². The number of aryl methyl sites for hydroxylation is 1. The average molecular weight is 488 g/mol. The molecule has 1 fully saturated rings. The Morgan fingerprint density at radius 1 is 1.26 bits per heavy atom. The lowest BCUT2D eigenvalue weighted by Crippen LogP contribution is -2.41. The second-order valence-electron chi connectivity index (χ2n) is 9.15. The molecule has 0 bridgehead atoms. The van der Waals surface area contributed by atoms with Crippen LogP contribution in [-0.2, 0) is 17.8 Å². The molecule has 7 heteroatoms. The van der Waals surface area contributed by atoms with Gasteiger partial charge >= 0.3 is 0 Å². The van der Waals surface area contributed by atoms with Gasteiger partial charge in [0.15, 0.2) is 0 Å². The zero-order valence-corrected chi connectivity index (χ0v) is 20.6.